The Labute approximate surface area is 176 Å². The second-order valence-corrected chi connectivity index (χ2v) is 8.00. The minimum absolute atomic E-state index is 0.177. The van der Waals surface area contributed by atoms with Crippen LogP contribution in [0.15, 0.2) is 73.3 Å². The Morgan fingerprint density at radius 3 is 2.57 bits per heavy atom. The molecule has 0 saturated heterocycles. The summed E-state index contributed by atoms with van der Waals surface area (Å²) in [4.78, 5) is 0. The first kappa shape index (κ1) is 18.7. The highest BCUT2D eigenvalue weighted by molar-refractivity contribution is 5.94. The maximum atomic E-state index is 13.9. The molecule has 0 aliphatic heterocycles. The Balaban J connectivity index is 1.62. The number of nitrogens with zero attached hydrogens (tertiary/aromatic N) is 1. The number of ether oxygens (including phenoxy) is 1. The van der Waals surface area contributed by atoms with Crippen LogP contribution in [0.1, 0.15) is 41.1 Å². The van der Waals surface area contributed by atoms with Gasteiger partial charge in [-0.15, -0.1) is 0 Å². The van der Waals surface area contributed by atoms with E-state index in [2.05, 4.69) is 35.4 Å². The number of benzene rings is 3. The van der Waals surface area contributed by atoms with Crippen molar-refractivity contribution >= 4 is 17.0 Å². The van der Waals surface area contributed by atoms with Crippen LogP contribution in [0.3, 0.4) is 0 Å². The minimum atomic E-state index is -0.177. The first-order valence-electron chi connectivity index (χ1n) is 10.4. The van der Waals surface area contributed by atoms with Gasteiger partial charge in [-0.3, -0.25) is 0 Å². The molecule has 3 aromatic carbocycles. The Bertz CT molecular complexity index is 1230. The molecule has 3 heteroatoms. The molecule has 0 spiro atoms. The molecule has 1 saturated carbocycles. The van der Waals surface area contributed by atoms with E-state index in [1.807, 2.05) is 49.4 Å². The zero-order valence-corrected chi connectivity index (χ0v) is 17.1. The van der Waals surface area contributed by atoms with Crippen molar-refractivity contribution in [2.45, 2.75) is 32.3 Å². The lowest BCUT2D eigenvalue weighted by molar-refractivity contribution is 0.306. The van der Waals surface area contributed by atoms with Crippen LogP contribution in [-0.4, -0.2) is 4.57 Å². The van der Waals surface area contributed by atoms with E-state index in [1.54, 1.807) is 6.07 Å². The molecule has 1 aromatic heterocycles. The van der Waals surface area contributed by atoms with Gasteiger partial charge < -0.3 is 9.30 Å². The third-order valence-electron chi connectivity index (χ3n) is 5.83. The van der Waals surface area contributed by atoms with Crippen LogP contribution in [0.4, 0.5) is 4.39 Å². The lowest BCUT2D eigenvalue weighted by atomic mass is 10.1. The van der Waals surface area contributed by atoms with E-state index in [0.717, 1.165) is 33.5 Å². The number of halogens is 1. The second kappa shape index (κ2) is 7.49. The highest BCUT2D eigenvalue weighted by Crippen LogP contribution is 2.47. The average Bonchev–Trinajstić information content (AvgIpc) is 3.56. The molecule has 5 rings (SSSR count). The molecule has 0 amide bonds. The van der Waals surface area contributed by atoms with Gasteiger partial charge in [0.05, 0.1) is 5.52 Å². The number of fused-ring (bicyclic) bond motifs is 1. The van der Waals surface area contributed by atoms with E-state index in [-0.39, 0.29) is 5.82 Å². The number of hydrogen-bond donors (Lipinski definition) is 0. The van der Waals surface area contributed by atoms with Crippen LogP contribution < -0.4 is 4.74 Å². The summed E-state index contributed by atoms with van der Waals surface area (Å²) in [7, 11) is 0. The monoisotopic (exact) mass is 397 g/mol. The SMILES string of the molecule is C=Cc1c(C2CC2)n(-c2ccc(F)c(C)c2)c2ccc(OCc3ccccc3)cc12. The number of rotatable bonds is 6. The lowest BCUT2D eigenvalue weighted by Crippen LogP contribution is -2.01. The molecular weight excluding hydrogens is 373 g/mol. The Morgan fingerprint density at radius 1 is 1.07 bits per heavy atom. The molecule has 1 aliphatic rings. The third-order valence-corrected chi connectivity index (χ3v) is 5.83. The fourth-order valence-electron chi connectivity index (χ4n) is 4.16. The van der Waals surface area contributed by atoms with Gasteiger partial charge in [0.25, 0.3) is 0 Å². The molecule has 0 N–H and O–H groups in total. The average molecular weight is 397 g/mol. The van der Waals surface area contributed by atoms with Gasteiger partial charge in [0.15, 0.2) is 0 Å². The van der Waals surface area contributed by atoms with Crippen LogP contribution in [0, 0.1) is 12.7 Å². The van der Waals surface area contributed by atoms with Crippen molar-refractivity contribution in [2.75, 3.05) is 0 Å². The first-order chi connectivity index (χ1) is 14.7. The summed E-state index contributed by atoms with van der Waals surface area (Å²) in [6.45, 7) is 6.44. The van der Waals surface area contributed by atoms with Crippen molar-refractivity contribution < 1.29 is 9.13 Å². The normalized spacial score (nSPS) is 13.5. The largest absolute Gasteiger partial charge is 0.489 e. The maximum absolute atomic E-state index is 13.9. The Morgan fingerprint density at radius 2 is 1.87 bits per heavy atom. The smallest absolute Gasteiger partial charge is 0.126 e. The van der Waals surface area contributed by atoms with Gasteiger partial charge in [-0.25, -0.2) is 4.39 Å². The van der Waals surface area contributed by atoms with Crippen LogP contribution in [-0.2, 0) is 6.61 Å². The Hall–Kier alpha value is -3.33. The summed E-state index contributed by atoms with van der Waals surface area (Å²) in [5, 5.41) is 1.12. The molecule has 30 heavy (non-hydrogen) atoms. The van der Waals surface area contributed by atoms with E-state index >= 15 is 0 Å². The zero-order valence-electron chi connectivity index (χ0n) is 17.1. The summed E-state index contributed by atoms with van der Waals surface area (Å²) >= 11 is 0. The quantitative estimate of drug-likeness (QED) is 0.336. The molecule has 0 atom stereocenters. The van der Waals surface area contributed by atoms with Crippen LogP contribution in [0.5, 0.6) is 5.75 Å². The van der Waals surface area contributed by atoms with Crippen LogP contribution >= 0.6 is 0 Å². The molecule has 150 valence electrons. The highest BCUT2D eigenvalue weighted by atomic mass is 19.1. The van der Waals surface area contributed by atoms with Gasteiger partial charge in [0.1, 0.15) is 18.2 Å². The van der Waals surface area contributed by atoms with E-state index in [9.17, 15) is 4.39 Å². The van der Waals surface area contributed by atoms with Gasteiger partial charge in [-0.05, 0) is 67.3 Å². The van der Waals surface area contributed by atoms with Gasteiger partial charge in [0.2, 0.25) is 0 Å². The van der Waals surface area contributed by atoms with Gasteiger partial charge in [-0.1, -0.05) is 43.0 Å². The van der Waals surface area contributed by atoms with Gasteiger partial charge >= 0.3 is 0 Å². The Kier molecular flexibility index (Phi) is 4.66. The molecule has 4 aromatic rings. The van der Waals surface area contributed by atoms with Crippen LogP contribution in [0.25, 0.3) is 22.7 Å². The lowest BCUT2D eigenvalue weighted by Gasteiger charge is -2.12. The first-order valence-corrected chi connectivity index (χ1v) is 10.4. The standard InChI is InChI=1S/C27H24FNO/c1-3-23-24-16-22(30-17-19-7-5-4-6-8-19)12-14-26(24)29(27(23)20-9-10-20)21-11-13-25(28)18(2)15-21/h3-8,11-16,20H,1,9-10,17H2,2H3. The molecule has 0 radical (unpaired) electrons. The second-order valence-electron chi connectivity index (χ2n) is 8.00. The predicted octanol–water partition coefficient (Wildman–Crippen LogP) is 7.18. The molecule has 0 unspecified atom stereocenters. The summed E-state index contributed by atoms with van der Waals surface area (Å²) in [6, 6.07) is 21.7. The fraction of sp³-hybridized carbons (Fsp3) is 0.185. The van der Waals surface area contributed by atoms with E-state index in [0.29, 0.717) is 18.1 Å². The van der Waals surface area contributed by atoms with E-state index in [4.69, 9.17) is 4.74 Å². The predicted molar refractivity (Wildman–Crippen MR) is 121 cm³/mol. The van der Waals surface area contributed by atoms with Crippen molar-refractivity contribution in [3.05, 3.63) is 102 Å². The summed E-state index contributed by atoms with van der Waals surface area (Å²) < 4.78 is 22.3. The van der Waals surface area contributed by atoms with Gasteiger partial charge in [-0.2, -0.15) is 0 Å². The summed E-state index contributed by atoms with van der Waals surface area (Å²) in [5.74, 6) is 1.18. The van der Waals surface area contributed by atoms with Crippen molar-refractivity contribution in [2.24, 2.45) is 0 Å². The fourth-order valence-corrected chi connectivity index (χ4v) is 4.16. The molecule has 1 fully saturated rings. The molecule has 1 aliphatic carbocycles. The van der Waals surface area contributed by atoms with Crippen molar-refractivity contribution in [3.63, 3.8) is 0 Å². The maximum Gasteiger partial charge on any atom is 0.126 e. The topological polar surface area (TPSA) is 14.2 Å². The van der Waals surface area contributed by atoms with Crippen LogP contribution in [0.2, 0.25) is 0 Å². The van der Waals surface area contributed by atoms with E-state index < -0.39 is 0 Å². The zero-order chi connectivity index (χ0) is 20.7. The van der Waals surface area contributed by atoms with Crippen molar-refractivity contribution in [1.29, 1.82) is 0 Å². The molecule has 2 nitrogen and oxygen atoms in total. The van der Waals surface area contributed by atoms with Gasteiger partial charge in [0, 0.05) is 28.2 Å². The minimum Gasteiger partial charge on any atom is -0.489 e. The number of aryl methyl sites for hydroxylation is 1. The van der Waals surface area contributed by atoms with Crippen molar-refractivity contribution in [1.82, 2.24) is 4.57 Å². The highest BCUT2D eigenvalue weighted by Gasteiger charge is 2.31. The van der Waals surface area contributed by atoms with E-state index in [1.165, 1.54) is 18.5 Å². The number of hydrogen-bond acceptors (Lipinski definition) is 1. The summed E-state index contributed by atoms with van der Waals surface area (Å²) in [5.41, 5.74) is 6.31. The third kappa shape index (κ3) is 3.30. The summed E-state index contributed by atoms with van der Waals surface area (Å²) in [6.07, 6.45) is 4.30. The number of aromatic nitrogens is 1. The molecule has 0 bridgehead atoms. The van der Waals surface area contributed by atoms with Crippen molar-refractivity contribution in [3.8, 4) is 11.4 Å². The molecule has 1 heterocycles. The molecular formula is C27H24FNO.